The minimum Gasteiger partial charge on any atom is -0.481 e. The van der Waals surface area contributed by atoms with Crippen molar-refractivity contribution < 1.29 is 29.0 Å². The van der Waals surface area contributed by atoms with E-state index < -0.39 is 22.9 Å². The Kier molecular flexibility index (Phi) is 9.36. The topological polar surface area (TPSA) is 135 Å². The largest absolute Gasteiger partial charge is 0.481 e. The molecule has 280 valence electrons. The SMILES string of the molecule is CC(C)C1C(=O)C[C@]2(NC(=O)NCc3ccncc3)CC[C@]3(C)C(=C12)CCC1[C@@]2(C)CC[C@H](OC(=O)CC(C)(C)C(=O)O)C(C)(C)C2CC[C@]13C. The summed E-state index contributed by atoms with van der Waals surface area (Å²) in [5, 5.41) is 16.0. The second kappa shape index (κ2) is 12.7. The standard InChI is InChI=1S/C42H61N3O6/c1-25(2)33-28(46)22-42(45-36(50)44-24-26-14-20-43-21-15-26)19-18-40(8)27(34(33)42)10-11-30-39(7)16-13-31(51-32(47)23-37(3,4)35(48)49)38(5,6)29(39)12-17-41(30,40)9/h14-15,20-21,25,29-31,33H,10-13,16-19,22-24H2,1-9H3,(H,48,49)(H2,44,45,50)/t29?,30?,31-,33?,39-,40+,41+,42+/m0/s1. The van der Waals surface area contributed by atoms with Crippen LogP contribution in [0.4, 0.5) is 4.79 Å². The molecule has 6 rings (SSSR count). The number of carboxylic acids is 1. The molecule has 0 radical (unpaired) electrons. The highest BCUT2D eigenvalue weighted by Crippen LogP contribution is 2.75. The van der Waals surface area contributed by atoms with Crippen molar-refractivity contribution in [2.45, 2.75) is 145 Å². The number of ketones is 1. The van der Waals surface area contributed by atoms with Crippen molar-refractivity contribution in [3.05, 3.63) is 41.2 Å². The summed E-state index contributed by atoms with van der Waals surface area (Å²) in [5.74, 6) is -0.420. The van der Waals surface area contributed by atoms with E-state index in [1.165, 1.54) is 11.1 Å². The number of rotatable bonds is 8. The Hall–Kier alpha value is -3.23. The maximum absolute atomic E-state index is 13.9. The molecule has 3 N–H and O–H groups in total. The molecule has 1 aromatic heterocycles. The first kappa shape index (κ1) is 37.5. The second-order valence-electron chi connectivity index (χ2n) is 19.1. The number of pyridine rings is 1. The van der Waals surface area contributed by atoms with E-state index in [0.717, 1.165) is 56.9 Å². The van der Waals surface area contributed by atoms with E-state index in [1.807, 2.05) is 12.1 Å². The van der Waals surface area contributed by atoms with Gasteiger partial charge in [-0.05, 0) is 122 Å². The van der Waals surface area contributed by atoms with E-state index in [-0.39, 0.29) is 57.8 Å². The molecule has 1 aromatic rings. The number of nitrogens with zero attached hydrogens (tertiary/aromatic N) is 1. The molecule has 2 amide bonds. The Bertz CT molecular complexity index is 1620. The Morgan fingerprint density at radius 3 is 2.31 bits per heavy atom. The third-order valence-electron chi connectivity index (χ3n) is 15.3. The number of aromatic nitrogens is 1. The van der Waals surface area contributed by atoms with E-state index in [0.29, 0.717) is 24.8 Å². The summed E-state index contributed by atoms with van der Waals surface area (Å²) in [6, 6.07) is 3.55. The Morgan fingerprint density at radius 2 is 1.67 bits per heavy atom. The molecule has 4 fully saturated rings. The predicted molar refractivity (Wildman–Crippen MR) is 195 cm³/mol. The van der Waals surface area contributed by atoms with Crippen LogP contribution in [-0.4, -0.2) is 45.5 Å². The van der Waals surface area contributed by atoms with Gasteiger partial charge in [-0.25, -0.2) is 4.79 Å². The third kappa shape index (κ3) is 5.93. The number of esters is 1. The number of ether oxygens (including phenoxy) is 1. The number of hydrogen-bond donors (Lipinski definition) is 3. The molecular formula is C42H61N3O6. The molecule has 0 aliphatic heterocycles. The molecule has 4 saturated carbocycles. The molecule has 0 bridgehead atoms. The zero-order chi connectivity index (χ0) is 37.4. The Labute approximate surface area is 304 Å². The number of carboxylic acid groups (broad SMARTS) is 1. The van der Waals surface area contributed by atoms with Crippen molar-refractivity contribution in [3.8, 4) is 0 Å². The summed E-state index contributed by atoms with van der Waals surface area (Å²) in [4.78, 5) is 56.4. The van der Waals surface area contributed by atoms with Crippen LogP contribution in [0.3, 0.4) is 0 Å². The van der Waals surface area contributed by atoms with Gasteiger partial charge in [0.2, 0.25) is 0 Å². The van der Waals surface area contributed by atoms with Gasteiger partial charge in [0.1, 0.15) is 11.9 Å². The maximum Gasteiger partial charge on any atom is 0.315 e. The molecule has 8 atom stereocenters. The van der Waals surface area contributed by atoms with Crippen molar-refractivity contribution in [2.24, 2.45) is 50.7 Å². The minimum atomic E-state index is -1.17. The van der Waals surface area contributed by atoms with Crippen LogP contribution >= 0.6 is 0 Å². The van der Waals surface area contributed by atoms with Crippen molar-refractivity contribution in [3.63, 3.8) is 0 Å². The summed E-state index contributed by atoms with van der Waals surface area (Å²) in [5.41, 5.74) is 1.47. The van der Waals surface area contributed by atoms with Crippen LogP contribution in [0.2, 0.25) is 0 Å². The summed E-state index contributed by atoms with van der Waals surface area (Å²) in [7, 11) is 0. The third-order valence-corrected chi connectivity index (χ3v) is 15.3. The number of Topliss-reactive ketones (excluding diaryl/α,β-unsaturated/α-hetero) is 1. The van der Waals surface area contributed by atoms with E-state index in [2.05, 4.69) is 64.1 Å². The predicted octanol–water partition coefficient (Wildman–Crippen LogP) is 8.03. The normalized spacial score (nSPS) is 37.1. The van der Waals surface area contributed by atoms with Gasteiger partial charge in [0.25, 0.3) is 0 Å². The molecule has 3 unspecified atom stereocenters. The molecule has 9 heteroatoms. The van der Waals surface area contributed by atoms with Crippen molar-refractivity contribution in [2.75, 3.05) is 0 Å². The quantitative estimate of drug-likeness (QED) is 0.184. The number of carbonyl (C=O) groups excluding carboxylic acids is 3. The minimum absolute atomic E-state index is 0.00681. The van der Waals surface area contributed by atoms with Gasteiger partial charge in [0.15, 0.2) is 0 Å². The van der Waals surface area contributed by atoms with Gasteiger partial charge in [-0.3, -0.25) is 19.4 Å². The number of allylic oxidation sites excluding steroid dienone is 1. The summed E-state index contributed by atoms with van der Waals surface area (Å²) in [6.07, 6.45) is 10.8. The van der Waals surface area contributed by atoms with Crippen molar-refractivity contribution >= 4 is 23.8 Å². The van der Waals surface area contributed by atoms with Gasteiger partial charge in [-0.1, -0.05) is 54.0 Å². The van der Waals surface area contributed by atoms with Gasteiger partial charge in [0, 0.05) is 36.7 Å². The van der Waals surface area contributed by atoms with Crippen molar-refractivity contribution in [1.82, 2.24) is 15.6 Å². The highest BCUT2D eigenvalue weighted by molar-refractivity contribution is 5.92. The van der Waals surface area contributed by atoms with Crippen LogP contribution in [0.5, 0.6) is 0 Å². The van der Waals surface area contributed by atoms with Gasteiger partial charge in [-0.15, -0.1) is 0 Å². The first-order valence-corrected chi connectivity index (χ1v) is 19.4. The molecule has 0 aromatic carbocycles. The van der Waals surface area contributed by atoms with Gasteiger partial charge in [-0.2, -0.15) is 0 Å². The number of nitrogens with one attached hydrogen (secondary N) is 2. The van der Waals surface area contributed by atoms with Gasteiger partial charge in [0.05, 0.1) is 17.4 Å². The monoisotopic (exact) mass is 703 g/mol. The smallest absolute Gasteiger partial charge is 0.315 e. The van der Waals surface area contributed by atoms with Gasteiger partial charge < -0.3 is 20.5 Å². The summed E-state index contributed by atoms with van der Waals surface area (Å²) in [6.45, 7) is 19.8. The zero-order valence-electron chi connectivity index (χ0n) is 32.4. The average Bonchev–Trinajstić information content (AvgIpc) is 3.33. The first-order chi connectivity index (χ1) is 23.7. The maximum atomic E-state index is 13.9. The zero-order valence-corrected chi connectivity index (χ0v) is 32.4. The average molecular weight is 704 g/mol. The molecule has 0 saturated heterocycles. The molecule has 9 nitrogen and oxygen atoms in total. The number of aliphatic carboxylic acids is 1. The van der Waals surface area contributed by atoms with Crippen molar-refractivity contribution in [1.29, 1.82) is 0 Å². The molecule has 51 heavy (non-hydrogen) atoms. The van der Waals surface area contributed by atoms with E-state index in [4.69, 9.17) is 4.74 Å². The van der Waals surface area contributed by atoms with E-state index in [1.54, 1.807) is 26.2 Å². The highest BCUT2D eigenvalue weighted by Gasteiger charge is 2.69. The lowest BCUT2D eigenvalue weighted by Gasteiger charge is -2.70. The lowest BCUT2D eigenvalue weighted by atomic mass is 9.34. The summed E-state index contributed by atoms with van der Waals surface area (Å²) < 4.78 is 6.15. The van der Waals surface area contributed by atoms with Crippen LogP contribution in [0.25, 0.3) is 0 Å². The molecule has 0 spiro atoms. The Morgan fingerprint density at radius 1 is 0.980 bits per heavy atom. The number of hydrogen-bond acceptors (Lipinski definition) is 6. The summed E-state index contributed by atoms with van der Waals surface area (Å²) >= 11 is 0. The van der Waals surface area contributed by atoms with E-state index in [9.17, 15) is 24.3 Å². The fraction of sp³-hybridized carbons (Fsp3) is 0.738. The fourth-order valence-corrected chi connectivity index (χ4v) is 12.4. The molecule has 5 aliphatic rings. The van der Waals surface area contributed by atoms with Crippen LogP contribution in [0.1, 0.15) is 132 Å². The van der Waals surface area contributed by atoms with E-state index >= 15 is 0 Å². The number of amides is 2. The number of urea groups is 1. The Balaban J connectivity index is 1.29. The highest BCUT2D eigenvalue weighted by atomic mass is 16.5. The molecule has 1 heterocycles. The lowest BCUT2D eigenvalue weighted by molar-refractivity contribution is -0.214. The number of fused-ring (bicyclic) bond motifs is 6. The molecular weight excluding hydrogens is 642 g/mol. The first-order valence-electron chi connectivity index (χ1n) is 19.4. The fourth-order valence-electron chi connectivity index (χ4n) is 12.4. The lowest BCUT2D eigenvalue weighted by Crippen LogP contribution is -2.65. The molecule has 5 aliphatic carbocycles. The van der Waals surface area contributed by atoms with Crippen LogP contribution in [-0.2, 0) is 25.7 Å². The van der Waals surface area contributed by atoms with Crippen LogP contribution < -0.4 is 10.6 Å². The van der Waals surface area contributed by atoms with Crippen LogP contribution in [0.15, 0.2) is 35.7 Å². The van der Waals surface area contributed by atoms with Gasteiger partial charge >= 0.3 is 18.0 Å². The second-order valence-corrected chi connectivity index (χ2v) is 19.1. The number of carbonyl (C=O) groups is 4. The van der Waals surface area contributed by atoms with Crippen LogP contribution in [0, 0.1) is 50.7 Å².